The summed E-state index contributed by atoms with van der Waals surface area (Å²) in [5.41, 5.74) is 2.25. The maximum Gasteiger partial charge on any atom is 0.255 e. The quantitative estimate of drug-likeness (QED) is 0.540. The Balaban J connectivity index is 1.81. The van der Waals surface area contributed by atoms with E-state index in [1.807, 2.05) is 19.1 Å². The summed E-state index contributed by atoms with van der Waals surface area (Å²) in [6.07, 6.45) is 1.57. The van der Waals surface area contributed by atoms with Gasteiger partial charge in [0.15, 0.2) is 0 Å². The molecule has 0 saturated carbocycles. The molecule has 6 heteroatoms. The van der Waals surface area contributed by atoms with Crippen molar-refractivity contribution in [1.82, 2.24) is 4.98 Å². The molecule has 1 N–H and O–H groups in total. The number of sulfone groups is 1. The molecule has 1 heterocycles. The van der Waals surface area contributed by atoms with Crippen molar-refractivity contribution in [2.24, 2.45) is 0 Å². The van der Waals surface area contributed by atoms with E-state index in [4.69, 9.17) is 0 Å². The molecule has 1 amide bonds. The minimum absolute atomic E-state index is 0.156. The summed E-state index contributed by atoms with van der Waals surface area (Å²) >= 11 is 0. The van der Waals surface area contributed by atoms with Gasteiger partial charge in [0.05, 0.1) is 21.0 Å². The van der Waals surface area contributed by atoms with E-state index in [-0.39, 0.29) is 15.7 Å². The fourth-order valence-electron chi connectivity index (χ4n) is 3.18. The number of anilines is 1. The van der Waals surface area contributed by atoms with Crippen LogP contribution < -0.4 is 5.32 Å². The van der Waals surface area contributed by atoms with Crippen molar-refractivity contribution in [2.75, 3.05) is 5.32 Å². The fourth-order valence-corrected chi connectivity index (χ4v) is 4.73. The Morgan fingerprint density at radius 2 is 1.69 bits per heavy atom. The van der Waals surface area contributed by atoms with Crippen molar-refractivity contribution in [3.63, 3.8) is 0 Å². The highest BCUT2D eigenvalue weighted by Crippen LogP contribution is 2.32. The minimum atomic E-state index is -3.74. The lowest BCUT2D eigenvalue weighted by atomic mass is 10.1. The first-order valence-electron chi connectivity index (χ1n) is 9.03. The standard InChI is InChI=1S/C23H18N2O3S/c1-16-7-5-10-18(15-16)29(27,28)21-13-12-20(22-19(21)11-6-14-24-22)25-23(26)17-8-3-2-4-9-17/h2-15H,1H3,(H,25,26). The van der Waals surface area contributed by atoms with E-state index in [9.17, 15) is 13.2 Å². The lowest BCUT2D eigenvalue weighted by Crippen LogP contribution is -2.13. The molecule has 4 aromatic rings. The number of benzene rings is 3. The maximum absolute atomic E-state index is 13.2. The summed E-state index contributed by atoms with van der Waals surface area (Å²) in [6, 6.07) is 22.1. The highest BCUT2D eigenvalue weighted by atomic mass is 32.2. The smallest absolute Gasteiger partial charge is 0.255 e. The van der Waals surface area contributed by atoms with Crippen LogP contribution in [0.25, 0.3) is 10.9 Å². The summed E-state index contributed by atoms with van der Waals surface area (Å²) in [5.74, 6) is -0.285. The second-order valence-corrected chi connectivity index (χ2v) is 8.57. The lowest BCUT2D eigenvalue weighted by Gasteiger charge is -2.12. The number of hydrogen-bond acceptors (Lipinski definition) is 4. The van der Waals surface area contributed by atoms with Gasteiger partial charge in [-0.25, -0.2) is 8.42 Å². The first-order valence-corrected chi connectivity index (χ1v) is 10.5. The van der Waals surface area contributed by atoms with Gasteiger partial charge in [0.25, 0.3) is 5.91 Å². The van der Waals surface area contributed by atoms with E-state index in [0.717, 1.165) is 5.56 Å². The fraction of sp³-hybridized carbons (Fsp3) is 0.0435. The highest BCUT2D eigenvalue weighted by molar-refractivity contribution is 7.91. The number of nitrogens with zero attached hydrogens (tertiary/aromatic N) is 1. The molecule has 0 radical (unpaired) electrons. The van der Waals surface area contributed by atoms with Gasteiger partial charge in [-0.3, -0.25) is 9.78 Å². The van der Waals surface area contributed by atoms with Gasteiger partial charge in [0, 0.05) is 17.1 Å². The van der Waals surface area contributed by atoms with E-state index >= 15 is 0 Å². The molecule has 3 aromatic carbocycles. The molecule has 0 aliphatic rings. The lowest BCUT2D eigenvalue weighted by molar-refractivity contribution is 0.102. The van der Waals surface area contributed by atoms with Crippen molar-refractivity contribution in [3.05, 3.63) is 96.2 Å². The number of aromatic nitrogens is 1. The number of amides is 1. The second-order valence-electron chi connectivity index (χ2n) is 6.65. The van der Waals surface area contributed by atoms with Crippen molar-refractivity contribution in [1.29, 1.82) is 0 Å². The van der Waals surface area contributed by atoms with Crippen LogP contribution in [0.1, 0.15) is 15.9 Å². The summed E-state index contributed by atoms with van der Waals surface area (Å²) in [6.45, 7) is 1.85. The predicted molar refractivity (Wildman–Crippen MR) is 113 cm³/mol. The zero-order valence-electron chi connectivity index (χ0n) is 15.7. The number of carbonyl (C=O) groups is 1. The molecular weight excluding hydrogens is 384 g/mol. The number of rotatable bonds is 4. The number of fused-ring (bicyclic) bond motifs is 1. The third-order valence-corrected chi connectivity index (χ3v) is 6.41. The Morgan fingerprint density at radius 3 is 2.45 bits per heavy atom. The predicted octanol–water partition coefficient (Wildman–Crippen LogP) is 4.63. The highest BCUT2D eigenvalue weighted by Gasteiger charge is 2.22. The summed E-state index contributed by atoms with van der Waals surface area (Å²) in [7, 11) is -3.74. The van der Waals surface area contributed by atoms with Crippen LogP contribution in [-0.2, 0) is 9.84 Å². The molecule has 0 unspecified atom stereocenters. The van der Waals surface area contributed by atoms with Crippen LogP contribution in [0.2, 0.25) is 0 Å². The van der Waals surface area contributed by atoms with Gasteiger partial charge in [0.1, 0.15) is 0 Å². The minimum Gasteiger partial charge on any atom is -0.320 e. The topological polar surface area (TPSA) is 76.1 Å². The maximum atomic E-state index is 13.2. The summed E-state index contributed by atoms with van der Waals surface area (Å²) in [4.78, 5) is 17.3. The van der Waals surface area contributed by atoms with Crippen LogP contribution in [-0.4, -0.2) is 19.3 Å². The number of hydrogen-bond donors (Lipinski definition) is 1. The number of nitrogens with one attached hydrogen (secondary N) is 1. The summed E-state index contributed by atoms with van der Waals surface area (Å²) in [5, 5.41) is 3.29. The normalized spacial score (nSPS) is 11.3. The first-order chi connectivity index (χ1) is 14.0. The molecule has 0 spiro atoms. The average Bonchev–Trinajstić information content (AvgIpc) is 2.74. The molecule has 0 aliphatic heterocycles. The van der Waals surface area contributed by atoms with Crippen molar-refractivity contribution >= 4 is 32.3 Å². The third-order valence-electron chi connectivity index (χ3n) is 4.60. The molecule has 5 nitrogen and oxygen atoms in total. The zero-order valence-corrected chi connectivity index (χ0v) is 16.5. The molecule has 4 rings (SSSR count). The van der Waals surface area contributed by atoms with E-state index in [0.29, 0.717) is 22.2 Å². The van der Waals surface area contributed by atoms with Crippen LogP contribution >= 0.6 is 0 Å². The Morgan fingerprint density at radius 1 is 0.897 bits per heavy atom. The first kappa shape index (κ1) is 18.8. The monoisotopic (exact) mass is 402 g/mol. The second kappa shape index (κ2) is 7.48. The molecule has 0 bridgehead atoms. The number of aryl methyl sites for hydroxylation is 1. The molecule has 0 atom stereocenters. The van der Waals surface area contributed by atoms with Gasteiger partial charge >= 0.3 is 0 Å². The van der Waals surface area contributed by atoms with Gasteiger partial charge in [-0.15, -0.1) is 0 Å². The van der Waals surface area contributed by atoms with E-state index in [1.165, 1.54) is 6.07 Å². The number of pyridine rings is 1. The largest absolute Gasteiger partial charge is 0.320 e. The van der Waals surface area contributed by atoms with Crippen LogP contribution in [0.3, 0.4) is 0 Å². The van der Waals surface area contributed by atoms with Gasteiger partial charge in [-0.05, 0) is 61.0 Å². The molecule has 0 fully saturated rings. The Kier molecular flexibility index (Phi) is 4.86. The van der Waals surface area contributed by atoms with Gasteiger partial charge in [-0.2, -0.15) is 0 Å². The van der Waals surface area contributed by atoms with Crippen molar-refractivity contribution in [2.45, 2.75) is 16.7 Å². The van der Waals surface area contributed by atoms with E-state index in [1.54, 1.807) is 66.9 Å². The van der Waals surface area contributed by atoms with E-state index in [2.05, 4.69) is 10.3 Å². The van der Waals surface area contributed by atoms with Crippen LogP contribution in [0.4, 0.5) is 5.69 Å². The molecular formula is C23H18N2O3S. The van der Waals surface area contributed by atoms with Crippen molar-refractivity contribution < 1.29 is 13.2 Å². The molecule has 0 aliphatic carbocycles. The van der Waals surface area contributed by atoms with Crippen LogP contribution in [0.15, 0.2) is 94.9 Å². The third kappa shape index (κ3) is 3.62. The Bertz CT molecular complexity index is 1320. The van der Waals surface area contributed by atoms with E-state index < -0.39 is 9.84 Å². The molecule has 1 aromatic heterocycles. The Labute approximate surface area is 169 Å². The SMILES string of the molecule is Cc1cccc(S(=O)(=O)c2ccc(NC(=O)c3ccccc3)c3ncccc23)c1. The molecule has 0 saturated heterocycles. The van der Waals surface area contributed by atoms with Crippen LogP contribution in [0.5, 0.6) is 0 Å². The Hall–Kier alpha value is -3.51. The average molecular weight is 402 g/mol. The van der Waals surface area contributed by atoms with Crippen LogP contribution in [0, 0.1) is 6.92 Å². The summed E-state index contributed by atoms with van der Waals surface area (Å²) < 4.78 is 26.5. The number of carbonyl (C=O) groups excluding carboxylic acids is 1. The van der Waals surface area contributed by atoms with Gasteiger partial charge < -0.3 is 5.32 Å². The zero-order chi connectivity index (χ0) is 20.4. The van der Waals surface area contributed by atoms with Crippen molar-refractivity contribution in [3.8, 4) is 0 Å². The molecule has 144 valence electrons. The molecule has 29 heavy (non-hydrogen) atoms. The van der Waals surface area contributed by atoms with Gasteiger partial charge in [-0.1, -0.05) is 30.3 Å². The van der Waals surface area contributed by atoms with Gasteiger partial charge in [0.2, 0.25) is 9.84 Å².